The molecule has 1 saturated heterocycles. The minimum absolute atomic E-state index is 0.323. The molecule has 19 heavy (non-hydrogen) atoms. The Hall–Kier alpha value is -1.33. The van der Waals surface area contributed by atoms with E-state index in [2.05, 4.69) is 4.90 Å². The predicted octanol–water partition coefficient (Wildman–Crippen LogP) is 1.63. The van der Waals surface area contributed by atoms with E-state index in [1.54, 1.807) is 6.26 Å². The third-order valence-corrected chi connectivity index (χ3v) is 3.69. The lowest BCUT2D eigenvalue weighted by molar-refractivity contribution is 0.0560. The highest BCUT2D eigenvalue weighted by Gasteiger charge is 2.22. The van der Waals surface area contributed by atoms with E-state index >= 15 is 0 Å². The molecule has 0 saturated carbocycles. The van der Waals surface area contributed by atoms with Crippen molar-refractivity contribution in [2.45, 2.75) is 25.8 Å². The van der Waals surface area contributed by atoms with E-state index in [0.29, 0.717) is 11.7 Å². The molecule has 5 heteroatoms. The van der Waals surface area contributed by atoms with Crippen molar-refractivity contribution in [2.75, 3.05) is 26.7 Å². The van der Waals surface area contributed by atoms with E-state index in [9.17, 15) is 4.79 Å². The number of piperidine rings is 1. The van der Waals surface area contributed by atoms with Gasteiger partial charge >= 0.3 is 5.97 Å². The second-order valence-corrected chi connectivity index (χ2v) is 5.09. The van der Waals surface area contributed by atoms with Gasteiger partial charge in [0, 0.05) is 18.7 Å². The van der Waals surface area contributed by atoms with Crippen LogP contribution < -0.4 is 5.73 Å². The average molecular weight is 266 g/mol. The van der Waals surface area contributed by atoms with Crippen molar-refractivity contribution in [3.05, 3.63) is 23.7 Å². The summed E-state index contributed by atoms with van der Waals surface area (Å²) < 4.78 is 9.93. The molecule has 1 atom stereocenters. The molecule has 0 bridgehead atoms. The van der Waals surface area contributed by atoms with Crippen LogP contribution in [0.15, 0.2) is 16.7 Å². The molecule has 1 fully saturated rings. The third-order valence-electron chi connectivity index (χ3n) is 3.69. The molecule has 1 aromatic heterocycles. The summed E-state index contributed by atoms with van der Waals surface area (Å²) in [6.07, 6.45) is 5.06. The molecule has 1 unspecified atom stereocenters. The molecule has 1 aliphatic rings. The van der Waals surface area contributed by atoms with E-state index in [4.69, 9.17) is 14.9 Å². The summed E-state index contributed by atoms with van der Waals surface area (Å²) in [6, 6.07) is 1.85. The zero-order chi connectivity index (χ0) is 13.7. The summed E-state index contributed by atoms with van der Waals surface area (Å²) in [5, 5.41) is 0. The Morgan fingerprint density at radius 3 is 3.21 bits per heavy atom. The van der Waals surface area contributed by atoms with Crippen molar-refractivity contribution in [3.8, 4) is 0 Å². The Labute approximate surface area is 113 Å². The molecule has 106 valence electrons. The van der Waals surface area contributed by atoms with Gasteiger partial charge in [-0.2, -0.15) is 0 Å². The third kappa shape index (κ3) is 3.58. The summed E-state index contributed by atoms with van der Waals surface area (Å²) in [4.78, 5) is 13.9. The van der Waals surface area contributed by atoms with Crippen molar-refractivity contribution in [2.24, 2.45) is 11.7 Å². The zero-order valence-electron chi connectivity index (χ0n) is 11.4. The van der Waals surface area contributed by atoms with Crippen molar-refractivity contribution in [1.29, 1.82) is 0 Å². The van der Waals surface area contributed by atoms with Gasteiger partial charge in [-0.1, -0.05) is 0 Å². The van der Waals surface area contributed by atoms with Crippen LogP contribution >= 0.6 is 0 Å². The van der Waals surface area contributed by atoms with Crippen LogP contribution in [-0.4, -0.2) is 37.6 Å². The number of nitrogens with zero attached hydrogens (tertiary/aromatic N) is 1. The Morgan fingerprint density at radius 1 is 1.63 bits per heavy atom. The molecule has 2 N–H and O–H groups in total. The van der Waals surface area contributed by atoms with E-state index in [0.717, 1.165) is 38.2 Å². The maximum atomic E-state index is 11.6. The largest absolute Gasteiger partial charge is 0.463 e. The first-order chi connectivity index (χ1) is 9.24. The number of hydrogen-bond acceptors (Lipinski definition) is 5. The smallest absolute Gasteiger partial charge is 0.374 e. The fourth-order valence-corrected chi connectivity index (χ4v) is 2.74. The van der Waals surface area contributed by atoms with Crippen LogP contribution in [0.2, 0.25) is 0 Å². The monoisotopic (exact) mass is 266 g/mol. The van der Waals surface area contributed by atoms with Gasteiger partial charge in [0.25, 0.3) is 0 Å². The second-order valence-electron chi connectivity index (χ2n) is 5.09. The number of carbonyl (C=O) groups is 1. The van der Waals surface area contributed by atoms with Crippen LogP contribution in [0.5, 0.6) is 0 Å². The number of carbonyl (C=O) groups excluding carboxylic acids is 1. The number of methoxy groups -OCH3 is 1. The number of likely N-dealkylation sites (tertiary alicyclic amines) is 1. The van der Waals surface area contributed by atoms with Crippen LogP contribution in [0.25, 0.3) is 0 Å². The number of furan rings is 1. The van der Waals surface area contributed by atoms with Gasteiger partial charge in [-0.3, -0.25) is 4.90 Å². The molecule has 0 aliphatic carbocycles. The summed E-state index contributed by atoms with van der Waals surface area (Å²) >= 11 is 0. The highest BCUT2D eigenvalue weighted by molar-refractivity contribution is 5.87. The molecular formula is C14H22N2O3. The highest BCUT2D eigenvalue weighted by atomic mass is 16.5. The highest BCUT2D eigenvalue weighted by Crippen LogP contribution is 2.22. The van der Waals surface area contributed by atoms with Gasteiger partial charge in [0.1, 0.15) is 0 Å². The second kappa shape index (κ2) is 6.73. The number of ether oxygens (including phenoxy) is 1. The van der Waals surface area contributed by atoms with Gasteiger partial charge in [0.2, 0.25) is 5.76 Å². The molecule has 5 nitrogen and oxygen atoms in total. The topological polar surface area (TPSA) is 68.7 Å². The molecule has 0 spiro atoms. The molecule has 1 aliphatic heterocycles. The summed E-state index contributed by atoms with van der Waals surface area (Å²) in [7, 11) is 1.37. The molecule has 0 amide bonds. The zero-order valence-corrected chi connectivity index (χ0v) is 11.4. The van der Waals surface area contributed by atoms with Crippen molar-refractivity contribution >= 4 is 5.97 Å². The van der Waals surface area contributed by atoms with Gasteiger partial charge in [-0.05, 0) is 44.3 Å². The lowest BCUT2D eigenvalue weighted by Gasteiger charge is -2.32. The maximum Gasteiger partial charge on any atom is 0.374 e. The number of hydrogen-bond donors (Lipinski definition) is 1. The Morgan fingerprint density at radius 2 is 2.47 bits per heavy atom. The van der Waals surface area contributed by atoms with E-state index in [-0.39, 0.29) is 0 Å². The lowest BCUT2D eigenvalue weighted by Crippen LogP contribution is -2.35. The van der Waals surface area contributed by atoms with Gasteiger partial charge in [0.05, 0.1) is 13.4 Å². The number of nitrogens with two attached hydrogens (primary N) is 1. The Bertz CT molecular complexity index is 415. The van der Waals surface area contributed by atoms with Gasteiger partial charge in [-0.25, -0.2) is 4.79 Å². The van der Waals surface area contributed by atoms with Gasteiger partial charge < -0.3 is 14.9 Å². The van der Waals surface area contributed by atoms with Gasteiger partial charge in [0.15, 0.2) is 0 Å². The van der Waals surface area contributed by atoms with Crippen LogP contribution in [0.3, 0.4) is 0 Å². The normalized spacial score (nSPS) is 20.4. The average Bonchev–Trinajstić information content (AvgIpc) is 2.87. The minimum atomic E-state index is -0.407. The first-order valence-corrected chi connectivity index (χ1v) is 6.81. The molecule has 2 rings (SSSR count). The Kier molecular flexibility index (Phi) is 4.99. The SMILES string of the molecule is COC(=O)c1occc1CN1CCCC(CCN)C1. The Balaban J connectivity index is 1.97. The van der Waals surface area contributed by atoms with Crippen LogP contribution in [0.4, 0.5) is 0 Å². The fourth-order valence-electron chi connectivity index (χ4n) is 2.74. The van der Waals surface area contributed by atoms with Crippen LogP contribution in [0, 0.1) is 5.92 Å². The van der Waals surface area contributed by atoms with Crippen molar-refractivity contribution < 1.29 is 13.9 Å². The number of esters is 1. The van der Waals surface area contributed by atoms with E-state index in [1.807, 2.05) is 6.07 Å². The van der Waals surface area contributed by atoms with Gasteiger partial charge in [-0.15, -0.1) is 0 Å². The van der Waals surface area contributed by atoms with E-state index < -0.39 is 5.97 Å². The number of rotatable bonds is 5. The standard InChI is InChI=1S/C14H22N2O3/c1-18-14(17)13-12(5-8-19-13)10-16-7-2-3-11(9-16)4-6-15/h5,8,11H,2-4,6-7,9-10,15H2,1H3. The first kappa shape index (κ1) is 14.1. The van der Waals surface area contributed by atoms with Crippen LogP contribution in [-0.2, 0) is 11.3 Å². The lowest BCUT2D eigenvalue weighted by atomic mass is 9.94. The minimum Gasteiger partial charge on any atom is -0.463 e. The molecule has 0 aromatic carbocycles. The summed E-state index contributed by atoms with van der Waals surface area (Å²) in [5.74, 6) is 0.589. The van der Waals surface area contributed by atoms with Crippen LogP contribution in [0.1, 0.15) is 35.4 Å². The quantitative estimate of drug-likeness (QED) is 0.820. The molecule has 0 radical (unpaired) electrons. The summed E-state index contributed by atoms with van der Waals surface area (Å²) in [5.41, 5.74) is 6.53. The fraction of sp³-hybridized carbons (Fsp3) is 0.643. The maximum absolute atomic E-state index is 11.6. The van der Waals surface area contributed by atoms with E-state index in [1.165, 1.54) is 20.0 Å². The first-order valence-electron chi connectivity index (χ1n) is 6.81. The predicted molar refractivity (Wildman–Crippen MR) is 71.7 cm³/mol. The van der Waals surface area contributed by atoms with Crippen molar-refractivity contribution in [3.63, 3.8) is 0 Å². The van der Waals surface area contributed by atoms with Crippen molar-refractivity contribution in [1.82, 2.24) is 4.90 Å². The summed E-state index contributed by atoms with van der Waals surface area (Å²) in [6.45, 7) is 3.59. The molecule has 1 aromatic rings. The molecular weight excluding hydrogens is 244 g/mol. The molecule has 2 heterocycles.